The van der Waals surface area contributed by atoms with E-state index in [2.05, 4.69) is 29.2 Å². The summed E-state index contributed by atoms with van der Waals surface area (Å²) in [6.45, 7) is 0.639. The Hall–Kier alpha value is -1.90. The minimum Gasteiger partial charge on any atom is -0.492 e. The van der Waals surface area contributed by atoms with Crippen molar-refractivity contribution in [3.63, 3.8) is 0 Å². The normalized spacial score (nSPS) is 10.3. The van der Waals surface area contributed by atoms with Crippen LogP contribution < -0.4 is 4.74 Å². The first-order valence-corrected chi connectivity index (χ1v) is 6.13. The topological polar surface area (TPSA) is 22.1 Å². The van der Waals surface area contributed by atoms with E-state index >= 15 is 0 Å². The maximum atomic E-state index is 12.6. The van der Waals surface area contributed by atoms with Crippen LogP contribution in [0.3, 0.4) is 0 Å². The molecule has 1 heterocycles. The highest BCUT2D eigenvalue weighted by Gasteiger charge is 1.96. The van der Waals surface area contributed by atoms with Crippen molar-refractivity contribution in [1.82, 2.24) is 4.98 Å². The van der Waals surface area contributed by atoms with E-state index in [0.717, 1.165) is 19.3 Å². The van der Waals surface area contributed by atoms with E-state index in [9.17, 15) is 4.39 Å². The first-order valence-electron chi connectivity index (χ1n) is 6.13. The van der Waals surface area contributed by atoms with Gasteiger partial charge < -0.3 is 4.74 Å². The number of aryl methyl sites for hydroxylation is 1. The number of hydrogen-bond acceptors (Lipinski definition) is 2. The van der Waals surface area contributed by atoms with Gasteiger partial charge in [-0.05, 0) is 37.0 Å². The Labute approximate surface area is 106 Å². The highest BCUT2D eigenvalue weighted by atomic mass is 19.1. The van der Waals surface area contributed by atoms with Crippen molar-refractivity contribution in [2.45, 2.75) is 19.3 Å². The van der Waals surface area contributed by atoms with Crippen LogP contribution in [0, 0.1) is 5.95 Å². The number of benzene rings is 1. The van der Waals surface area contributed by atoms with E-state index in [4.69, 9.17) is 4.74 Å². The number of pyridine rings is 1. The van der Waals surface area contributed by atoms with Gasteiger partial charge in [0.1, 0.15) is 5.75 Å². The standard InChI is InChI=1S/C15H16FNO/c16-15-10-9-14(12-17-15)18-11-5-4-8-13-6-2-1-3-7-13/h1-3,6-7,9-10,12H,4-5,8,11H2. The number of aromatic nitrogens is 1. The first-order chi connectivity index (χ1) is 8.84. The van der Waals surface area contributed by atoms with Crippen LogP contribution in [0.5, 0.6) is 5.75 Å². The van der Waals surface area contributed by atoms with Crippen molar-refractivity contribution in [3.8, 4) is 5.75 Å². The Balaban J connectivity index is 1.63. The maximum Gasteiger partial charge on any atom is 0.213 e. The van der Waals surface area contributed by atoms with Crippen LogP contribution in [0.15, 0.2) is 48.7 Å². The average molecular weight is 245 g/mol. The van der Waals surface area contributed by atoms with Gasteiger partial charge in [-0.3, -0.25) is 0 Å². The van der Waals surface area contributed by atoms with Gasteiger partial charge in [0, 0.05) is 0 Å². The van der Waals surface area contributed by atoms with Crippen molar-refractivity contribution in [1.29, 1.82) is 0 Å². The quantitative estimate of drug-likeness (QED) is 0.573. The highest BCUT2D eigenvalue weighted by molar-refractivity contribution is 5.16. The molecule has 0 amide bonds. The fourth-order valence-corrected chi connectivity index (χ4v) is 1.71. The zero-order valence-corrected chi connectivity index (χ0v) is 10.2. The molecule has 0 fully saturated rings. The maximum absolute atomic E-state index is 12.6. The van der Waals surface area contributed by atoms with Crippen molar-refractivity contribution in [2.24, 2.45) is 0 Å². The van der Waals surface area contributed by atoms with E-state index in [0.29, 0.717) is 12.4 Å². The third-order valence-corrected chi connectivity index (χ3v) is 2.67. The largest absolute Gasteiger partial charge is 0.492 e. The van der Waals surface area contributed by atoms with Gasteiger partial charge in [-0.15, -0.1) is 0 Å². The summed E-state index contributed by atoms with van der Waals surface area (Å²) < 4.78 is 18.0. The van der Waals surface area contributed by atoms with Crippen LogP contribution in [0.1, 0.15) is 18.4 Å². The van der Waals surface area contributed by atoms with Crippen LogP contribution >= 0.6 is 0 Å². The number of nitrogens with zero attached hydrogens (tertiary/aromatic N) is 1. The molecule has 0 atom stereocenters. The molecule has 0 spiro atoms. The van der Waals surface area contributed by atoms with Gasteiger partial charge in [-0.25, -0.2) is 4.98 Å². The fourth-order valence-electron chi connectivity index (χ4n) is 1.71. The molecule has 0 aliphatic carbocycles. The molecule has 0 bridgehead atoms. The lowest BCUT2D eigenvalue weighted by Gasteiger charge is -2.05. The smallest absolute Gasteiger partial charge is 0.213 e. The Morgan fingerprint density at radius 2 is 1.83 bits per heavy atom. The summed E-state index contributed by atoms with van der Waals surface area (Å²) in [6, 6.07) is 13.3. The summed E-state index contributed by atoms with van der Waals surface area (Å²) in [5.41, 5.74) is 1.35. The van der Waals surface area contributed by atoms with Crippen LogP contribution in [0.4, 0.5) is 4.39 Å². The summed E-state index contributed by atoms with van der Waals surface area (Å²) >= 11 is 0. The second-order valence-corrected chi connectivity index (χ2v) is 4.11. The molecule has 0 radical (unpaired) electrons. The molecule has 0 saturated heterocycles. The zero-order valence-electron chi connectivity index (χ0n) is 10.2. The highest BCUT2D eigenvalue weighted by Crippen LogP contribution is 2.10. The van der Waals surface area contributed by atoms with Crippen LogP contribution in [0.2, 0.25) is 0 Å². The summed E-state index contributed by atoms with van der Waals surface area (Å²) in [5, 5.41) is 0. The minimum absolute atomic E-state index is 0.480. The molecule has 0 unspecified atom stereocenters. The summed E-state index contributed by atoms with van der Waals surface area (Å²) in [4.78, 5) is 3.53. The summed E-state index contributed by atoms with van der Waals surface area (Å²) in [5.74, 6) is 0.141. The van der Waals surface area contributed by atoms with E-state index in [1.165, 1.54) is 17.8 Å². The molecular formula is C15H16FNO. The zero-order chi connectivity index (χ0) is 12.6. The number of rotatable bonds is 6. The van der Waals surface area contributed by atoms with Crippen molar-refractivity contribution in [2.75, 3.05) is 6.61 Å². The monoisotopic (exact) mass is 245 g/mol. The Kier molecular flexibility index (Phi) is 4.70. The molecule has 2 aromatic rings. The molecule has 0 saturated carbocycles. The van der Waals surface area contributed by atoms with E-state index in [1.54, 1.807) is 6.07 Å². The predicted octanol–water partition coefficient (Wildman–Crippen LogP) is 3.62. The third kappa shape index (κ3) is 4.17. The second kappa shape index (κ2) is 6.74. The SMILES string of the molecule is Fc1ccc(OCCCCc2ccccc2)cn1. The van der Waals surface area contributed by atoms with E-state index < -0.39 is 5.95 Å². The van der Waals surface area contributed by atoms with Crippen LogP contribution in [-0.2, 0) is 6.42 Å². The number of halogens is 1. The Morgan fingerprint density at radius 1 is 1.00 bits per heavy atom. The predicted molar refractivity (Wildman–Crippen MR) is 69.1 cm³/mol. The summed E-state index contributed by atoms with van der Waals surface area (Å²) in [6.07, 6.45) is 4.53. The lowest BCUT2D eigenvalue weighted by molar-refractivity contribution is 0.305. The molecule has 0 aliphatic rings. The minimum atomic E-state index is -0.480. The Bertz CT molecular complexity index is 456. The lowest BCUT2D eigenvalue weighted by Crippen LogP contribution is -1.99. The van der Waals surface area contributed by atoms with Crippen molar-refractivity contribution >= 4 is 0 Å². The molecule has 18 heavy (non-hydrogen) atoms. The van der Waals surface area contributed by atoms with Gasteiger partial charge in [0.05, 0.1) is 12.8 Å². The van der Waals surface area contributed by atoms with Crippen molar-refractivity contribution < 1.29 is 9.13 Å². The molecule has 0 aliphatic heterocycles. The second-order valence-electron chi connectivity index (χ2n) is 4.11. The average Bonchev–Trinajstić information content (AvgIpc) is 2.42. The molecule has 2 rings (SSSR count). The van der Waals surface area contributed by atoms with Crippen molar-refractivity contribution in [3.05, 3.63) is 60.2 Å². The molecule has 0 N–H and O–H groups in total. The molecule has 1 aromatic heterocycles. The number of hydrogen-bond donors (Lipinski definition) is 0. The molecule has 2 nitrogen and oxygen atoms in total. The third-order valence-electron chi connectivity index (χ3n) is 2.67. The molecule has 1 aromatic carbocycles. The molecule has 94 valence electrons. The summed E-state index contributed by atoms with van der Waals surface area (Å²) in [7, 11) is 0. The van der Waals surface area contributed by atoms with Gasteiger partial charge in [-0.2, -0.15) is 4.39 Å². The molecule has 3 heteroatoms. The van der Waals surface area contributed by atoms with Gasteiger partial charge >= 0.3 is 0 Å². The number of unbranched alkanes of at least 4 members (excludes halogenated alkanes) is 1. The van der Waals surface area contributed by atoms with Gasteiger partial charge in [-0.1, -0.05) is 30.3 Å². The van der Waals surface area contributed by atoms with Gasteiger partial charge in [0.15, 0.2) is 0 Å². The first kappa shape index (κ1) is 12.6. The van der Waals surface area contributed by atoms with E-state index in [-0.39, 0.29) is 0 Å². The number of ether oxygens (including phenoxy) is 1. The lowest BCUT2D eigenvalue weighted by atomic mass is 10.1. The van der Waals surface area contributed by atoms with Gasteiger partial charge in [0.2, 0.25) is 5.95 Å². The molecular weight excluding hydrogens is 229 g/mol. The van der Waals surface area contributed by atoms with Crippen LogP contribution in [-0.4, -0.2) is 11.6 Å². The fraction of sp³-hybridized carbons (Fsp3) is 0.267. The Morgan fingerprint density at radius 3 is 2.56 bits per heavy atom. The van der Waals surface area contributed by atoms with E-state index in [1.807, 2.05) is 6.07 Å². The van der Waals surface area contributed by atoms with Crippen LogP contribution in [0.25, 0.3) is 0 Å². The van der Waals surface area contributed by atoms with Gasteiger partial charge in [0.25, 0.3) is 0 Å².